The van der Waals surface area contributed by atoms with E-state index >= 15 is 0 Å². The Morgan fingerprint density at radius 3 is 2.61 bits per heavy atom. The number of carbonyl (C=O) groups is 3. The van der Waals surface area contributed by atoms with Crippen LogP contribution in [0.1, 0.15) is 51.4 Å². The number of benzene rings is 1. The van der Waals surface area contributed by atoms with Gasteiger partial charge in [0.2, 0.25) is 5.91 Å². The first-order chi connectivity index (χ1) is 15.5. The molecule has 3 N–H and O–H groups in total. The standard InChI is InChI=1S/C21H28N2O5/c1-13(22-16(20(25)26)11-10-14-6-3-2-4-7-14)19(24)23-17-9-5-8-15(17)12-18(23)21(27)28/h2-4,6-7,13,15-18,22H,5,8-12H2,1H3,(H,25,26)(H,27,28)/t13-,15-,16-,17-,18-/m0/s1/i2D,3D,4D,6D,7D. The molecule has 2 aliphatic rings. The van der Waals surface area contributed by atoms with E-state index in [1.165, 1.54) is 11.8 Å². The minimum absolute atomic E-state index is 0.00677. The summed E-state index contributed by atoms with van der Waals surface area (Å²) in [5.74, 6) is -2.65. The van der Waals surface area contributed by atoms with Crippen molar-refractivity contribution in [2.45, 2.75) is 69.6 Å². The second-order valence-corrected chi connectivity index (χ2v) is 7.51. The number of aliphatic carboxylic acids is 2. The lowest BCUT2D eigenvalue weighted by Gasteiger charge is -2.31. The summed E-state index contributed by atoms with van der Waals surface area (Å²) in [6.07, 6.45) is 2.70. The largest absolute Gasteiger partial charge is 0.480 e. The lowest BCUT2D eigenvalue weighted by molar-refractivity contribution is -0.151. The Morgan fingerprint density at radius 1 is 1.25 bits per heavy atom. The maximum absolute atomic E-state index is 13.1. The molecule has 0 spiro atoms. The molecule has 28 heavy (non-hydrogen) atoms. The third kappa shape index (κ3) is 4.35. The average Bonchev–Trinajstić information content (AvgIpc) is 3.36. The average molecular weight is 393 g/mol. The maximum atomic E-state index is 13.1. The van der Waals surface area contributed by atoms with Crippen LogP contribution >= 0.6 is 0 Å². The van der Waals surface area contributed by atoms with Gasteiger partial charge in [0.25, 0.3) is 0 Å². The maximum Gasteiger partial charge on any atom is 0.326 e. The highest BCUT2D eigenvalue weighted by Crippen LogP contribution is 2.41. The molecule has 1 aromatic rings. The molecule has 0 bridgehead atoms. The van der Waals surface area contributed by atoms with Gasteiger partial charge in [0, 0.05) is 6.04 Å². The van der Waals surface area contributed by atoms with E-state index in [2.05, 4.69) is 5.32 Å². The van der Waals surface area contributed by atoms with Crippen molar-refractivity contribution in [3.05, 3.63) is 35.8 Å². The Bertz CT molecular complexity index is 946. The van der Waals surface area contributed by atoms with Crippen molar-refractivity contribution in [3.8, 4) is 0 Å². The van der Waals surface area contributed by atoms with Crippen molar-refractivity contribution in [2.24, 2.45) is 5.92 Å². The van der Waals surface area contributed by atoms with Gasteiger partial charge in [-0.3, -0.25) is 14.9 Å². The normalized spacial score (nSPS) is 28.4. The zero-order chi connectivity index (χ0) is 24.6. The van der Waals surface area contributed by atoms with Gasteiger partial charge in [0.1, 0.15) is 12.1 Å². The molecule has 1 aliphatic carbocycles. The van der Waals surface area contributed by atoms with Crippen molar-refractivity contribution < 1.29 is 31.5 Å². The topological polar surface area (TPSA) is 107 Å². The molecule has 1 aromatic carbocycles. The van der Waals surface area contributed by atoms with Crippen LogP contribution in [0.15, 0.2) is 30.2 Å². The van der Waals surface area contributed by atoms with Crippen LogP contribution in [0.2, 0.25) is 0 Å². The molecule has 3 rings (SSSR count). The fourth-order valence-corrected chi connectivity index (χ4v) is 4.39. The highest BCUT2D eigenvalue weighted by molar-refractivity contribution is 5.88. The molecule has 1 saturated heterocycles. The number of nitrogens with zero attached hydrogens (tertiary/aromatic N) is 1. The van der Waals surface area contributed by atoms with E-state index in [9.17, 15) is 24.6 Å². The van der Waals surface area contributed by atoms with Gasteiger partial charge >= 0.3 is 11.9 Å². The zero-order valence-electron chi connectivity index (χ0n) is 20.7. The van der Waals surface area contributed by atoms with Gasteiger partial charge in [-0.1, -0.05) is 36.6 Å². The first-order valence-corrected chi connectivity index (χ1v) is 9.55. The summed E-state index contributed by atoms with van der Waals surface area (Å²) >= 11 is 0. The zero-order valence-corrected chi connectivity index (χ0v) is 15.7. The van der Waals surface area contributed by atoms with Gasteiger partial charge < -0.3 is 15.1 Å². The predicted octanol–water partition coefficient (Wildman–Crippen LogP) is 1.90. The molecule has 5 atom stereocenters. The minimum atomic E-state index is -1.25. The second kappa shape index (κ2) is 8.73. The molecule has 1 heterocycles. The molecular weight excluding hydrogens is 360 g/mol. The third-order valence-electron chi connectivity index (χ3n) is 5.73. The molecule has 0 radical (unpaired) electrons. The number of amides is 1. The van der Waals surface area contributed by atoms with Crippen LogP contribution in [0.5, 0.6) is 0 Å². The molecule has 1 saturated carbocycles. The number of nitrogens with one attached hydrogen (secondary N) is 1. The molecule has 0 aromatic heterocycles. The predicted molar refractivity (Wildman–Crippen MR) is 103 cm³/mol. The number of hydrogen-bond acceptors (Lipinski definition) is 4. The Balaban J connectivity index is 1.73. The van der Waals surface area contributed by atoms with E-state index in [0.717, 1.165) is 19.3 Å². The quantitative estimate of drug-likeness (QED) is 0.623. The monoisotopic (exact) mass is 393 g/mol. The van der Waals surface area contributed by atoms with Crippen molar-refractivity contribution >= 4 is 17.8 Å². The van der Waals surface area contributed by atoms with E-state index in [-0.39, 0.29) is 42.4 Å². The fourth-order valence-electron chi connectivity index (χ4n) is 4.39. The minimum Gasteiger partial charge on any atom is -0.480 e. The van der Waals surface area contributed by atoms with Gasteiger partial charge in [-0.05, 0) is 50.5 Å². The van der Waals surface area contributed by atoms with Crippen molar-refractivity contribution in [1.29, 1.82) is 0 Å². The lowest BCUT2D eigenvalue weighted by atomic mass is 10.0. The molecular formula is C21H28N2O5. The lowest BCUT2D eigenvalue weighted by Crippen LogP contribution is -2.55. The number of carboxylic acid groups (broad SMARTS) is 2. The second-order valence-electron chi connectivity index (χ2n) is 7.51. The third-order valence-corrected chi connectivity index (χ3v) is 5.73. The van der Waals surface area contributed by atoms with E-state index in [1.54, 1.807) is 0 Å². The van der Waals surface area contributed by atoms with Crippen molar-refractivity contribution in [2.75, 3.05) is 0 Å². The molecule has 1 amide bonds. The van der Waals surface area contributed by atoms with Crippen LogP contribution in [0.25, 0.3) is 0 Å². The number of rotatable bonds is 8. The van der Waals surface area contributed by atoms with Crippen molar-refractivity contribution in [1.82, 2.24) is 10.2 Å². The highest BCUT2D eigenvalue weighted by atomic mass is 16.4. The number of hydrogen-bond donors (Lipinski definition) is 3. The summed E-state index contributed by atoms with van der Waals surface area (Å²) in [6, 6.07) is -5.55. The molecule has 7 nitrogen and oxygen atoms in total. The summed E-state index contributed by atoms with van der Waals surface area (Å²) in [5, 5.41) is 22.0. The summed E-state index contributed by atoms with van der Waals surface area (Å²) in [4.78, 5) is 38.1. The van der Waals surface area contributed by atoms with Gasteiger partial charge in [-0.15, -0.1) is 0 Å². The van der Waals surface area contributed by atoms with Gasteiger partial charge in [0.05, 0.1) is 12.9 Å². The number of fused-ring (bicyclic) bond motifs is 1. The number of carboxylic acids is 2. The first-order valence-electron chi connectivity index (χ1n) is 12.0. The van der Waals surface area contributed by atoms with E-state index in [1.807, 2.05) is 0 Å². The summed E-state index contributed by atoms with van der Waals surface area (Å²) in [6.45, 7) is 1.49. The molecule has 0 unspecified atom stereocenters. The SMILES string of the molecule is [2H]c1c([2H])c([2H])c(CC[C@H](N[C@@H](C)C(=O)N2[C@H](C(=O)O)C[C@@H]3CCC[C@@H]32)C(=O)O)c([2H])c1[2H]. The van der Waals surface area contributed by atoms with Crippen LogP contribution in [-0.4, -0.2) is 57.1 Å². The molecule has 152 valence electrons. The Hall–Kier alpha value is -2.41. The Morgan fingerprint density at radius 2 is 1.96 bits per heavy atom. The van der Waals surface area contributed by atoms with Crippen LogP contribution in [0.4, 0.5) is 0 Å². The highest BCUT2D eigenvalue weighted by Gasteiger charge is 2.49. The Labute approximate surface area is 171 Å². The molecule has 2 fully saturated rings. The number of likely N-dealkylation sites (tertiary alicyclic amines) is 1. The van der Waals surface area contributed by atoms with Crippen LogP contribution < -0.4 is 5.32 Å². The Kier molecular flexibility index (Phi) is 4.54. The van der Waals surface area contributed by atoms with E-state index < -0.39 is 54.1 Å². The van der Waals surface area contributed by atoms with E-state index in [0.29, 0.717) is 6.42 Å². The summed E-state index contributed by atoms with van der Waals surface area (Å²) in [5.41, 5.74) is 0.00677. The van der Waals surface area contributed by atoms with E-state index in [4.69, 9.17) is 6.85 Å². The van der Waals surface area contributed by atoms with Crippen LogP contribution in [-0.2, 0) is 20.8 Å². The van der Waals surface area contributed by atoms with Crippen LogP contribution in [0, 0.1) is 5.92 Å². The first kappa shape index (κ1) is 14.6. The molecule has 7 heteroatoms. The van der Waals surface area contributed by atoms with Gasteiger partial charge in [-0.25, -0.2) is 4.79 Å². The summed E-state index contributed by atoms with van der Waals surface area (Å²) < 4.78 is 39.1. The molecule has 1 aliphatic heterocycles. The smallest absolute Gasteiger partial charge is 0.326 e. The summed E-state index contributed by atoms with van der Waals surface area (Å²) in [7, 11) is 0. The number of carbonyl (C=O) groups excluding carboxylic acids is 1. The van der Waals surface area contributed by atoms with Gasteiger partial charge in [-0.2, -0.15) is 0 Å². The van der Waals surface area contributed by atoms with Crippen LogP contribution in [0.3, 0.4) is 0 Å². The van der Waals surface area contributed by atoms with Crippen molar-refractivity contribution in [3.63, 3.8) is 0 Å². The fraction of sp³-hybridized carbons (Fsp3) is 0.571. The van der Waals surface area contributed by atoms with Gasteiger partial charge in [0.15, 0.2) is 0 Å².